The SMILES string of the molecule is CCC1CN(CCNc2ccc(Br)cc2)CCN1C. The van der Waals surface area contributed by atoms with Gasteiger partial charge in [0.1, 0.15) is 0 Å². The molecule has 106 valence electrons. The molecule has 1 fully saturated rings. The van der Waals surface area contributed by atoms with Gasteiger partial charge in [0.15, 0.2) is 0 Å². The van der Waals surface area contributed by atoms with E-state index in [-0.39, 0.29) is 0 Å². The van der Waals surface area contributed by atoms with Crippen LogP contribution in [0.25, 0.3) is 0 Å². The van der Waals surface area contributed by atoms with Crippen molar-refractivity contribution in [3.63, 3.8) is 0 Å². The van der Waals surface area contributed by atoms with Gasteiger partial charge in [0.05, 0.1) is 0 Å². The zero-order valence-electron chi connectivity index (χ0n) is 11.9. The Morgan fingerprint density at radius 2 is 2.00 bits per heavy atom. The van der Waals surface area contributed by atoms with Crippen LogP contribution in [0.2, 0.25) is 0 Å². The maximum atomic E-state index is 3.49. The smallest absolute Gasteiger partial charge is 0.0341 e. The number of anilines is 1. The normalized spacial score (nSPS) is 21.5. The Hall–Kier alpha value is -0.580. The van der Waals surface area contributed by atoms with Crippen LogP contribution >= 0.6 is 15.9 Å². The first-order valence-electron chi connectivity index (χ1n) is 7.11. The molecule has 1 unspecified atom stereocenters. The van der Waals surface area contributed by atoms with Gasteiger partial charge in [0, 0.05) is 48.9 Å². The van der Waals surface area contributed by atoms with E-state index in [0.717, 1.165) is 23.6 Å². The topological polar surface area (TPSA) is 18.5 Å². The Labute approximate surface area is 125 Å². The van der Waals surface area contributed by atoms with Crippen LogP contribution in [0.5, 0.6) is 0 Å². The number of halogens is 1. The van der Waals surface area contributed by atoms with Gasteiger partial charge in [-0.15, -0.1) is 0 Å². The highest BCUT2D eigenvalue weighted by Crippen LogP contribution is 2.14. The van der Waals surface area contributed by atoms with Gasteiger partial charge in [0.25, 0.3) is 0 Å². The molecule has 19 heavy (non-hydrogen) atoms. The van der Waals surface area contributed by atoms with Gasteiger partial charge in [-0.25, -0.2) is 0 Å². The fourth-order valence-corrected chi connectivity index (χ4v) is 2.84. The minimum atomic E-state index is 0.724. The minimum Gasteiger partial charge on any atom is -0.384 e. The summed E-state index contributed by atoms with van der Waals surface area (Å²) in [6.45, 7) is 8.01. The van der Waals surface area contributed by atoms with Crippen LogP contribution in [-0.4, -0.2) is 55.6 Å². The third kappa shape index (κ3) is 4.48. The number of hydrogen-bond acceptors (Lipinski definition) is 3. The zero-order chi connectivity index (χ0) is 13.7. The predicted octanol–water partition coefficient (Wildman–Crippen LogP) is 2.89. The van der Waals surface area contributed by atoms with E-state index in [1.807, 2.05) is 0 Å². The van der Waals surface area contributed by atoms with Crippen LogP contribution in [0.1, 0.15) is 13.3 Å². The van der Waals surface area contributed by atoms with E-state index >= 15 is 0 Å². The molecular weight excluding hydrogens is 302 g/mol. The van der Waals surface area contributed by atoms with Crippen LogP contribution in [0.4, 0.5) is 5.69 Å². The second-order valence-electron chi connectivity index (χ2n) is 5.28. The predicted molar refractivity (Wildman–Crippen MR) is 85.8 cm³/mol. The van der Waals surface area contributed by atoms with Gasteiger partial charge in [-0.3, -0.25) is 4.90 Å². The van der Waals surface area contributed by atoms with E-state index in [0.29, 0.717) is 0 Å². The fraction of sp³-hybridized carbons (Fsp3) is 0.600. The lowest BCUT2D eigenvalue weighted by Crippen LogP contribution is -2.51. The molecule has 1 heterocycles. The summed E-state index contributed by atoms with van der Waals surface area (Å²) in [5, 5.41) is 3.49. The third-order valence-corrected chi connectivity index (χ3v) is 4.46. The summed E-state index contributed by atoms with van der Waals surface area (Å²) in [6, 6.07) is 9.10. The molecule has 0 bridgehead atoms. The number of likely N-dealkylation sites (N-methyl/N-ethyl adjacent to an activating group) is 1. The first kappa shape index (κ1) is 14.8. The van der Waals surface area contributed by atoms with E-state index in [1.54, 1.807) is 0 Å². The summed E-state index contributed by atoms with van der Waals surface area (Å²) in [7, 11) is 2.24. The molecule has 1 atom stereocenters. The highest BCUT2D eigenvalue weighted by atomic mass is 79.9. The van der Waals surface area contributed by atoms with Gasteiger partial charge in [-0.2, -0.15) is 0 Å². The number of rotatable bonds is 5. The average Bonchev–Trinajstić information content (AvgIpc) is 2.43. The lowest BCUT2D eigenvalue weighted by Gasteiger charge is -2.39. The van der Waals surface area contributed by atoms with Crippen LogP contribution in [0, 0.1) is 0 Å². The van der Waals surface area contributed by atoms with Crippen LogP contribution < -0.4 is 5.32 Å². The van der Waals surface area contributed by atoms with Crippen molar-refractivity contribution in [3.05, 3.63) is 28.7 Å². The summed E-state index contributed by atoms with van der Waals surface area (Å²) < 4.78 is 1.13. The molecular formula is C15H24BrN3. The lowest BCUT2D eigenvalue weighted by atomic mass is 10.1. The second-order valence-corrected chi connectivity index (χ2v) is 6.19. The Kier molecular flexibility index (Phi) is 5.67. The van der Waals surface area contributed by atoms with Crippen molar-refractivity contribution >= 4 is 21.6 Å². The first-order valence-corrected chi connectivity index (χ1v) is 7.90. The Morgan fingerprint density at radius 3 is 2.68 bits per heavy atom. The van der Waals surface area contributed by atoms with Crippen molar-refractivity contribution in [2.24, 2.45) is 0 Å². The largest absolute Gasteiger partial charge is 0.384 e. The molecule has 0 aliphatic carbocycles. The van der Waals surface area contributed by atoms with Crippen molar-refractivity contribution in [2.75, 3.05) is 45.1 Å². The Balaban J connectivity index is 1.72. The van der Waals surface area contributed by atoms with E-state index in [4.69, 9.17) is 0 Å². The molecule has 4 heteroatoms. The Morgan fingerprint density at radius 1 is 1.26 bits per heavy atom. The summed E-state index contributed by atoms with van der Waals surface area (Å²) in [4.78, 5) is 5.05. The maximum Gasteiger partial charge on any atom is 0.0341 e. The number of hydrogen-bond donors (Lipinski definition) is 1. The van der Waals surface area contributed by atoms with Crippen molar-refractivity contribution < 1.29 is 0 Å². The van der Waals surface area contributed by atoms with Gasteiger partial charge < -0.3 is 10.2 Å². The molecule has 1 saturated heterocycles. The van der Waals surface area contributed by atoms with Crippen molar-refractivity contribution in [1.29, 1.82) is 0 Å². The van der Waals surface area contributed by atoms with E-state index in [9.17, 15) is 0 Å². The first-order chi connectivity index (χ1) is 9.19. The van der Waals surface area contributed by atoms with E-state index < -0.39 is 0 Å². The maximum absolute atomic E-state index is 3.49. The van der Waals surface area contributed by atoms with Gasteiger partial charge >= 0.3 is 0 Å². The van der Waals surface area contributed by atoms with E-state index in [1.165, 1.54) is 31.7 Å². The van der Waals surface area contributed by atoms with Crippen LogP contribution in [0.3, 0.4) is 0 Å². The van der Waals surface area contributed by atoms with E-state index in [2.05, 4.69) is 69.3 Å². The molecule has 1 aliphatic rings. The zero-order valence-corrected chi connectivity index (χ0v) is 13.5. The summed E-state index contributed by atoms with van der Waals surface area (Å²) in [6.07, 6.45) is 1.24. The number of nitrogens with zero attached hydrogens (tertiary/aromatic N) is 2. The third-order valence-electron chi connectivity index (χ3n) is 3.93. The van der Waals surface area contributed by atoms with Gasteiger partial charge in [0.2, 0.25) is 0 Å². The molecule has 1 aliphatic heterocycles. The number of piperazine rings is 1. The molecule has 2 rings (SSSR count). The Bertz CT molecular complexity index is 379. The molecule has 1 N–H and O–H groups in total. The number of benzene rings is 1. The monoisotopic (exact) mass is 325 g/mol. The summed E-state index contributed by atoms with van der Waals surface area (Å²) in [5.74, 6) is 0. The second kappa shape index (κ2) is 7.27. The molecule has 0 saturated carbocycles. The fourth-order valence-electron chi connectivity index (χ4n) is 2.58. The molecule has 0 radical (unpaired) electrons. The lowest BCUT2D eigenvalue weighted by molar-refractivity contribution is 0.0963. The van der Waals surface area contributed by atoms with Crippen molar-refractivity contribution in [1.82, 2.24) is 9.80 Å². The highest BCUT2D eigenvalue weighted by molar-refractivity contribution is 9.10. The van der Waals surface area contributed by atoms with Crippen LogP contribution in [-0.2, 0) is 0 Å². The molecule has 3 nitrogen and oxygen atoms in total. The molecule has 0 amide bonds. The standard InChI is InChI=1S/C15H24BrN3/c1-3-15-12-19(11-10-18(15)2)9-8-17-14-6-4-13(16)5-7-14/h4-7,15,17H,3,8-12H2,1-2H3. The molecule has 0 spiro atoms. The molecule has 1 aromatic rings. The summed E-state index contributed by atoms with van der Waals surface area (Å²) >= 11 is 3.46. The molecule has 0 aromatic heterocycles. The number of nitrogens with one attached hydrogen (secondary N) is 1. The minimum absolute atomic E-state index is 0.724. The van der Waals surface area contributed by atoms with Crippen molar-refractivity contribution in [2.45, 2.75) is 19.4 Å². The highest BCUT2D eigenvalue weighted by Gasteiger charge is 2.21. The summed E-state index contributed by atoms with van der Waals surface area (Å²) in [5.41, 5.74) is 1.20. The van der Waals surface area contributed by atoms with Gasteiger partial charge in [-0.05, 0) is 37.7 Å². The van der Waals surface area contributed by atoms with Crippen molar-refractivity contribution in [3.8, 4) is 0 Å². The quantitative estimate of drug-likeness (QED) is 0.898. The van der Waals surface area contributed by atoms with Gasteiger partial charge in [-0.1, -0.05) is 22.9 Å². The van der Waals surface area contributed by atoms with Crippen LogP contribution in [0.15, 0.2) is 28.7 Å². The average molecular weight is 326 g/mol. The molecule has 1 aromatic carbocycles.